The summed E-state index contributed by atoms with van der Waals surface area (Å²) >= 11 is 0. The number of aryl methyl sites for hydroxylation is 1. The van der Waals surface area contributed by atoms with E-state index in [0.29, 0.717) is 35.6 Å². The zero-order valence-corrected chi connectivity index (χ0v) is 16.2. The Kier molecular flexibility index (Phi) is 4.22. The van der Waals surface area contributed by atoms with Crippen LogP contribution in [-0.4, -0.2) is 36.6 Å². The minimum atomic E-state index is -1.19. The third kappa shape index (κ3) is 3.32. The van der Waals surface area contributed by atoms with E-state index in [-0.39, 0.29) is 12.4 Å². The molecule has 0 aliphatic heterocycles. The summed E-state index contributed by atoms with van der Waals surface area (Å²) in [5, 5.41) is 3.82. The summed E-state index contributed by atoms with van der Waals surface area (Å²) in [7, 11) is 0. The van der Waals surface area contributed by atoms with Gasteiger partial charge < -0.3 is 14.7 Å². The lowest BCUT2D eigenvalue weighted by Gasteiger charge is -2.29. The van der Waals surface area contributed by atoms with Crippen LogP contribution in [0.15, 0.2) is 30.9 Å². The van der Waals surface area contributed by atoms with E-state index in [1.165, 1.54) is 6.07 Å². The monoisotopic (exact) mass is 396 g/mol. The highest BCUT2D eigenvalue weighted by Crippen LogP contribution is 2.32. The molecule has 6 nitrogen and oxygen atoms in total. The summed E-state index contributed by atoms with van der Waals surface area (Å²) in [6, 6.07) is 1.46. The van der Waals surface area contributed by atoms with Gasteiger partial charge in [0.1, 0.15) is 11.3 Å². The fourth-order valence-corrected chi connectivity index (χ4v) is 4.16. The van der Waals surface area contributed by atoms with Crippen molar-refractivity contribution in [2.75, 3.05) is 11.9 Å². The van der Waals surface area contributed by atoms with E-state index in [1.54, 1.807) is 23.0 Å². The van der Waals surface area contributed by atoms with E-state index in [1.807, 2.05) is 13.1 Å². The Morgan fingerprint density at radius 2 is 2.03 bits per heavy atom. The third-order valence-corrected chi connectivity index (χ3v) is 5.68. The first-order chi connectivity index (χ1) is 14.0. The first-order valence-corrected chi connectivity index (χ1v) is 9.93. The number of hydrogen-bond acceptors (Lipinski definition) is 4. The van der Waals surface area contributed by atoms with E-state index < -0.39 is 5.67 Å². The van der Waals surface area contributed by atoms with Crippen LogP contribution >= 0.6 is 0 Å². The van der Waals surface area contributed by atoms with Crippen LogP contribution in [0, 0.1) is 12.7 Å². The van der Waals surface area contributed by atoms with Gasteiger partial charge in [0.2, 0.25) is 5.95 Å². The second-order valence-corrected chi connectivity index (χ2v) is 7.91. The predicted molar refractivity (Wildman–Crippen MR) is 108 cm³/mol. The standard InChI is InChI=1S/C21H22F2N6/c1-13-10-29-11-14(7-17(22)19(29)27-13)15-8-24-18-16(15)9-25-20(28-18)26-12-21(23)5-3-2-4-6-21/h7-11H,2-6,12H2,1H3,(H2,24,25,26,28). The lowest BCUT2D eigenvalue weighted by molar-refractivity contribution is 0.122. The summed E-state index contributed by atoms with van der Waals surface area (Å²) in [5.41, 5.74) is 1.99. The SMILES string of the molecule is Cc1cn2cc(-c3c[nH]c4nc(NCC5(F)CCCCC5)ncc34)cc(F)c2n1. The molecule has 1 saturated carbocycles. The molecule has 0 saturated heterocycles. The summed E-state index contributed by atoms with van der Waals surface area (Å²) in [6.07, 6.45) is 11.2. The van der Waals surface area contributed by atoms with Gasteiger partial charge in [-0.1, -0.05) is 19.3 Å². The van der Waals surface area contributed by atoms with Gasteiger partial charge in [-0.05, 0) is 25.8 Å². The number of hydrogen-bond donors (Lipinski definition) is 2. The van der Waals surface area contributed by atoms with Crippen LogP contribution in [0.1, 0.15) is 37.8 Å². The molecule has 0 unspecified atom stereocenters. The Hall–Kier alpha value is -3.03. The van der Waals surface area contributed by atoms with Crippen molar-refractivity contribution in [3.05, 3.63) is 42.4 Å². The van der Waals surface area contributed by atoms with Gasteiger partial charge in [0.25, 0.3) is 0 Å². The second-order valence-electron chi connectivity index (χ2n) is 7.91. The Balaban J connectivity index is 1.43. The summed E-state index contributed by atoms with van der Waals surface area (Å²) in [5.74, 6) is 0.00486. The molecular weight excluding hydrogens is 374 g/mol. The van der Waals surface area contributed by atoms with Gasteiger partial charge in [0.05, 0.1) is 12.2 Å². The van der Waals surface area contributed by atoms with E-state index in [4.69, 9.17) is 0 Å². The fourth-order valence-electron chi connectivity index (χ4n) is 4.16. The molecule has 0 bridgehead atoms. The van der Waals surface area contributed by atoms with Crippen molar-refractivity contribution in [2.45, 2.75) is 44.7 Å². The van der Waals surface area contributed by atoms with E-state index in [2.05, 4.69) is 25.3 Å². The number of pyridine rings is 1. The third-order valence-electron chi connectivity index (χ3n) is 5.68. The van der Waals surface area contributed by atoms with E-state index in [0.717, 1.165) is 35.9 Å². The number of anilines is 1. The van der Waals surface area contributed by atoms with Gasteiger partial charge >= 0.3 is 0 Å². The number of alkyl halides is 1. The molecule has 150 valence electrons. The molecule has 4 aromatic rings. The molecule has 1 aliphatic carbocycles. The number of nitrogens with zero attached hydrogens (tertiary/aromatic N) is 4. The van der Waals surface area contributed by atoms with Gasteiger partial charge in [-0.15, -0.1) is 0 Å². The van der Waals surface area contributed by atoms with Gasteiger partial charge in [-0.2, -0.15) is 4.98 Å². The largest absolute Gasteiger partial charge is 0.351 e. The number of H-pyrrole nitrogens is 1. The van der Waals surface area contributed by atoms with Gasteiger partial charge in [0.15, 0.2) is 11.5 Å². The molecule has 4 aromatic heterocycles. The lowest BCUT2D eigenvalue weighted by atomic mass is 9.86. The Labute approximate surface area is 166 Å². The minimum Gasteiger partial charge on any atom is -0.351 e. The molecule has 8 heteroatoms. The molecule has 5 rings (SSSR count). The van der Waals surface area contributed by atoms with Crippen LogP contribution in [0.25, 0.3) is 27.8 Å². The van der Waals surface area contributed by atoms with Crippen molar-refractivity contribution >= 4 is 22.6 Å². The molecular formula is C21H22F2N6. The van der Waals surface area contributed by atoms with E-state index in [9.17, 15) is 8.78 Å². The number of rotatable bonds is 4. The number of aromatic amines is 1. The molecule has 2 N–H and O–H groups in total. The van der Waals surface area contributed by atoms with Crippen LogP contribution in [0.4, 0.5) is 14.7 Å². The number of imidazole rings is 1. The number of fused-ring (bicyclic) bond motifs is 2. The number of aromatic nitrogens is 5. The molecule has 29 heavy (non-hydrogen) atoms. The van der Waals surface area contributed by atoms with Crippen LogP contribution in [0.5, 0.6) is 0 Å². The fraction of sp³-hybridized carbons (Fsp3) is 0.381. The summed E-state index contributed by atoms with van der Waals surface area (Å²) in [6.45, 7) is 2.04. The van der Waals surface area contributed by atoms with Gasteiger partial charge in [-0.3, -0.25) is 0 Å². The van der Waals surface area contributed by atoms with Crippen molar-refractivity contribution in [1.82, 2.24) is 24.3 Å². The average molecular weight is 396 g/mol. The minimum absolute atomic E-state index is 0.216. The quantitative estimate of drug-likeness (QED) is 0.520. The lowest BCUT2D eigenvalue weighted by Crippen LogP contribution is -2.34. The van der Waals surface area contributed by atoms with Crippen molar-refractivity contribution in [1.29, 1.82) is 0 Å². The predicted octanol–water partition coefficient (Wildman–Crippen LogP) is 4.80. The normalized spacial score (nSPS) is 16.5. The van der Waals surface area contributed by atoms with Crippen molar-refractivity contribution in [2.24, 2.45) is 0 Å². The van der Waals surface area contributed by atoms with Crippen LogP contribution in [0.3, 0.4) is 0 Å². The highest BCUT2D eigenvalue weighted by molar-refractivity contribution is 5.93. The number of halogens is 2. The molecule has 0 atom stereocenters. The van der Waals surface area contributed by atoms with Crippen LogP contribution < -0.4 is 5.32 Å². The van der Waals surface area contributed by atoms with E-state index >= 15 is 0 Å². The van der Waals surface area contributed by atoms with Crippen molar-refractivity contribution in [3.8, 4) is 11.1 Å². The second kappa shape index (κ2) is 6.79. The first-order valence-electron chi connectivity index (χ1n) is 9.93. The maximum Gasteiger partial charge on any atom is 0.224 e. The maximum absolute atomic E-state index is 14.8. The first kappa shape index (κ1) is 18.0. The molecule has 4 heterocycles. The van der Waals surface area contributed by atoms with Crippen LogP contribution in [0.2, 0.25) is 0 Å². The summed E-state index contributed by atoms with van der Waals surface area (Å²) < 4.78 is 30.9. The topological polar surface area (TPSA) is 70.9 Å². The van der Waals surface area contributed by atoms with Gasteiger partial charge in [0, 0.05) is 41.3 Å². The Morgan fingerprint density at radius 3 is 2.86 bits per heavy atom. The highest BCUT2D eigenvalue weighted by atomic mass is 19.1. The zero-order chi connectivity index (χ0) is 20.0. The van der Waals surface area contributed by atoms with Gasteiger partial charge in [-0.25, -0.2) is 18.7 Å². The Morgan fingerprint density at radius 1 is 1.21 bits per heavy atom. The molecule has 0 amide bonds. The molecule has 0 radical (unpaired) electrons. The number of nitrogens with one attached hydrogen (secondary N) is 2. The van der Waals surface area contributed by atoms with Crippen LogP contribution in [-0.2, 0) is 0 Å². The van der Waals surface area contributed by atoms with Crippen molar-refractivity contribution < 1.29 is 8.78 Å². The van der Waals surface area contributed by atoms with Crippen molar-refractivity contribution in [3.63, 3.8) is 0 Å². The molecule has 0 spiro atoms. The Bertz CT molecular complexity index is 1190. The maximum atomic E-state index is 14.8. The smallest absolute Gasteiger partial charge is 0.224 e. The highest BCUT2D eigenvalue weighted by Gasteiger charge is 2.31. The molecule has 0 aromatic carbocycles. The molecule has 1 aliphatic rings. The molecule has 1 fully saturated rings. The summed E-state index contributed by atoms with van der Waals surface area (Å²) in [4.78, 5) is 16.1. The zero-order valence-electron chi connectivity index (χ0n) is 16.2. The average Bonchev–Trinajstić information content (AvgIpc) is 3.29.